The molecule has 2 rings (SSSR count). The molecule has 1 atom stereocenters. The highest BCUT2D eigenvalue weighted by molar-refractivity contribution is 5.94. The van der Waals surface area contributed by atoms with Crippen molar-refractivity contribution in [3.05, 3.63) is 35.9 Å². The van der Waals surface area contributed by atoms with Crippen molar-refractivity contribution >= 4 is 5.91 Å². The van der Waals surface area contributed by atoms with E-state index in [1.54, 1.807) is 0 Å². The van der Waals surface area contributed by atoms with Crippen molar-refractivity contribution in [2.75, 3.05) is 26.2 Å². The molecule has 1 fully saturated rings. The molecule has 0 radical (unpaired) electrons. The Morgan fingerprint density at radius 1 is 1.37 bits per heavy atom. The predicted octanol–water partition coefficient (Wildman–Crippen LogP) is 2.54. The Morgan fingerprint density at radius 3 is 2.89 bits per heavy atom. The molecule has 1 aromatic rings. The second-order valence-corrected chi connectivity index (χ2v) is 5.52. The molecular formula is C16H24N2O. The van der Waals surface area contributed by atoms with E-state index in [0.717, 1.165) is 31.0 Å². The van der Waals surface area contributed by atoms with Crippen LogP contribution in [0.25, 0.3) is 0 Å². The lowest BCUT2D eigenvalue weighted by atomic mass is 10.0. The molecule has 1 aliphatic rings. The van der Waals surface area contributed by atoms with E-state index >= 15 is 0 Å². The van der Waals surface area contributed by atoms with Crippen LogP contribution in [0.1, 0.15) is 36.5 Å². The summed E-state index contributed by atoms with van der Waals surface area (Å²) in [7, 11) is 0. The van der Waals surface area contributed by atoms with Crippen molar-refractivity contribution in [1.82, 2.24) is 10.2 Å². The van der Waals surface area contributed by atoms with E-state index in [4.69, 9.17) is 0 Å². The minimum atomic E-state index is 0.0348. The average molecular weight is 260 g/mol. The molecule has 104 valence electrons. The van der Waals surface area contributed by atoms with Crippen LogP contribution in [0.3, 0.4) is 0 Å². The minimum absolute atomic E-state index is 0.0348. The quantitative estimate of drug-likeness (QED) is 0.825. The molecule has 0 aromatic heterocycles. The molecule has 0 spiro atoms. The molecule has 1 aromatic carbocycles. The number of piperidine rings is 1. The first kappa shape index (κ1) is 14.1. The van der Waals surface area contributed by atoms with Gasteiger partial charge in [-0.15, -0.1) is 0 Å². The zero-order valence-electron chi connectivity index (χ0n) is 11.8. The molecular weight excluding hydrogens is 236 g/mol. The lowest BCUT2D eigenvalue weighted by molar-refractivity contribution is 0.0950. The smallest absolute Gasteiger partial charge is 0.251 e. The summed E-state index contributed by atoms with van der Waals surface area (Å²) in [4.78, 5) is 14.3. The zero-order chi connectivity index (χ0) is 13.5. The second-order valence-electron chi connectivity index (χ2n) is 5.52. The first-order chi connectivity index (χ1) is 9.25. The fraction of sp³-hybridized carbons (Fsp3) is 0.562. The van der Waals surface area contributed by atoms with Crippen molar-refractivity contribution in [3.8, 4) is 0 Å². The number of carbonyl (C=O) groups excluding carboxylic acids is 1. The van der Waals surface area contributed by atoms with Crippen molar-refractivity contribution in [2.24, 2.45) is 5.92 Å². The number of carbonyl (C=O) groups is 1. The van der Waals surface area contributed by atoms with Gasteiger partial charge in [-0.3, -0.25) is 4.79 Å². The summed E-state index contributed by atoms with van der Waals surface area (Å²) in [5.74, 6) is 0.861. The average Bonchev–Trinajstić information content (AvgIpc) is 2.44. The van der Waals surface area contributed by atoms with Crippen LogP contribution in [0, 0.1) is 5.92 Å². The fourth-order valence-corrected chi connectivity index (χ4v) is 2.69. The Balaban J connectivity index is 1.63. The standard InChI is InChI=1S/C16H24N2O/c1-14-7-5-11-18(13-14)12-6-10-17-16(19)15-8-3-2-4-9-15/h2-4,8-9,14H,5-7,10-13H2,1H3,(H,17,19). The topological polar surface area (TPSA) is 32.3 Å². The summed E-state index contributed by atoms with van der Waals surface area (Å²) in [5, 5.41) is 2.98. The summed E-state index contributed by atoms with van der Waals surface area (Å²) in [6.07, 6.45) is 3.71. The van der Waals surface area contributed by atoms with E-state index in [-0.39, 0.29) is 5.91 Å². The third kappa shape index (κ3) is 4.67. The highest BCUT2D eigenvalue weighted by Gasteiger charge is 2.15. The molecule has 0 aliphatic carbocycles. The second kappa shape index (κ2) is 7.29. The van der Waals surface area contributed by atoms with Gasteiger partial charge in [0.15, 0.2) is 0 Å². The van der Waals surface area contributed by atoms with Crippen LogP contribution < -0.4 is 5.32 Å². The van der Waals surface area contributed by atoms with Gasteiger partial charge in [0.25, 0.3) is 5.91 Å². The predicted molar refractivity (Wildman–Crippen MR) is 78.2 cm³/mol. The van der Waals surface area contributed by atoms with Gasteiger partial charge >= 0.3 is 0 Å². The van der Waals surface area contributed by atoms with E-state index in [1.165, 1.54) is 25.9 Å². The van der Waals surface area contributed by atoms with E-state index in [2.05, 4.69) is 17.1 Å². The Morgan fingerprint density at radius 2 is 2.16 bits per heavy atom. The van der Waals surface area contributed by atoms with Gasteiger partial charge in [0, 0.05) is 18.7 Å². The van der Waals surface area contributed by atoms with E-state index in [1.807, 2.05) is 30.3 Å². The summed E-state index contributed by atoms with van der Waals surface area (Å²) < 4.78 is 0. The number of nitrogens with zero attached hydrogens (tertiary/aromatic N) is 1. The van der Waals surface area contributed by atoms with Gasteiger partial charge in [0.1, 0.15) is 0 Å². The maximum absolute atomic E-state index is 11.8. The van der Waals surface area contributed by atoms with Gasteiger partial charge < -0.3 is 10.2 Å². The summed E-state index contributed by atoms with van der Waals surface area (Å²) in [5.41, 5.74) is 0.745. The van der Waals surface area contributed by atoms with Crippen molar-refractivity contribution in [2.45, 2.75) is 26.2 Å². The number of hydrogen-bond donors (Lipinski definition) is 1. The molecule has 0 bridgehead atoms. The Bertz CT molecular complexity index is 391. The SMILES string of the molecule is CC1CCCN(CCCNC(=O)c2ccccc2)C1. The number of likely N-dealkylation sites (tertiary alicyclic amines) is 1. The minimum Gasteiger partial charge on any atom is -0.352 e. The molecule has 1 saturated heterocycles. The molecule has 1 heterocycles. The number of nitrogens with one attached hydrogen (secondary N) is 1. The lowest BCUT2D eigenvalue weighted by Crippen LogP contribution is -2.36. The van der Waals surface area contributed by atoms with Gasteiger partial charge in [0.05, 0.1) is 0 Å². The van der Waals surface area contributed by atoms with Crippen LogP contribution in [0.5, 0.6) is 0 Å². The molecule has 1 N–H and O–H groups in total. The molecule has 1 aliphatic heterocycles. The molecule has 19 heavy (non-hydrogen) atoms. The Hall–Kier alpha value is -1.35. The third-order valence-electron chi connectivity index (χ3n) is 3.71. The van der Waals surface area contributed by atoms with Crippen LogP contribution in [-0.4, -0.2) is 37.0 Å². The molecule has 1 unspecified atom stereocenters. The van der Waals surface area contributed by atoms with Crippen LogP contribution >= 0.6 is 0 Å². The first-order valence-corrected chi connectivity index (χ1v) is 7.31. The van der Waals surface area contributed by atoms with Crippen LogP contribution in [0.4, 0.5) is 0 Å². The number of benzene rings is 1. The maximum atomic E-state index is 11.8. The van der Waals surface area contributed by atoms with E-state index < -0.39 is 0 Å². The number of rotatable bonds is 5. The highest BCUT2D eigenvalue weighted by Crippen LogP contribution is 2.15. The van der Waals surface area contributed by atoms with E-state index in [9.17, 15) is 4.79 Å². The first-order valence-electron chi connectivity index (χ1n) is 7.31. The van der Waals surface area contributed by atoms with Crippen molar-refractivity contribution in [1.29, 1.82) is 0 Å². The lowest BCUT2D eigenvalue weighted by Gasteiger charge is -2.30. The zero-order valence-corrected chi connectivity index (χ0v) is 11.8. The summed E-state index contributed by atoms with van der Waals surface area (Å²) in [6.45, 7) is 6.62. The van der Waals surface area contributed by atoms with Crippen LogP contribution in [0.2, 0.25) is 0 Å². The van der Waals surface area contributed by atoms with Crippen molar-refractivity contribution in [3.63, 3.8) is 0 Å². The monoisotopic (exact) mass is 260 g/mol. The highest BCUT2D eigenvalue weighted by atomic mass is 16.1. The maximum Gasteiger partial charge on any atom is 0.251 e. The number of hydrogen-bond acceptors (Lipinski definition) is 2. The van der Waals surface area contributed by atoms with Gasteiger partial charge in [0.2, 0.25) is 0 Å². The van der Waals surface area contributed by atoms with Gasteiger partial charge in [-0.2, -0.15) is 0 Å². The normalized spacial score (nSPS) is 20.2. The molecule has 3 nitrogen and oxygen atoms in total. The van der Waals surface area contributed by atoms with E-state index in [0.29, 0.717) is 0 Å². The Labute approximate surface area is 116 Å². The van der Waals surface area contributed by atoms with Crippen LogP contribution in [0.15, 0.2) is 30.3 Å². The van der Waals surface area contributed by atoms with Gasteiger partial charge in [-0.25, -0.2) is 0 Å². The fourth-order valence-electron chi connectivity index (χ4n) is 2.69. The van der Waals surface area contributed by atoms with Crippen molar-refractivity contribution < 1.29 is 4.79 Å². The molecule has 3 heteroatoms. The Kier molecular flexibility index (Phi) is 5.40. The summed E-state index contributed by atoms with van der Waals surface area (Å²) in [6, 6.07) is 9.41. The molecule has 0 saturated carbocycles. The summed E-state index contributed by atoms with van der Waals surface area (Å²) >= 11 is 0. The van der Waals surface area contributed by atoms with Gasteiger partial charge in [-0.1, -0.05) is 25.1 Å². The van der Waals surface area contributed by atoms with Crippen LogP contribution in [-0.2, 0) is 0 Å². The third-order valence-corrected chi connectivity index (χ3v) is 3.71. The molecule has 1 amide bonds. The number of amides is 1. The largest absolute Gasteiger partial charge is 0.352 e. The van der Waals surface area contributed by atoms with Gasteiger partial charge in [-0.05, 0) is 50.4 Å².